The van der Waals surface area contributed by atoms with E-state index in [-0.39, 0.29) is 30.5 Å². The molecule has 2 aromatic heterocycles. The molecule has 0 aliphatic carbocycles. The van der Waals surface area contributed by atoms with E-state index in [0.29, 0.717) is 0 Å². The minimum Gasteiger partial charge on any atom is -0.368 e. The Balaban J connectivity index is 1.86. The Hall–Kier alpha value is -2.58. The third kappa shape index (κ3) is 3.94. The average molecular weight is 299 g/mol. The summed E-state index contributed by atoms with van der Waals surface area (Å²) in [6, 6.07) is 3.65. The van der Waals surface area contributed by atoms with Crippen molar-refractivity contribution >= 4 is 11.7 Å². The lowest BCUT2D eigenvalue weighted by molar-refractivity contribution is -0.137. The fourth-order valence-corrected chi connectivity index (χ4v) is 1.61. The number of hydrogen-bond donors (Lipinski definition) is 3. The number of pyridine rings is 1. The number of nitrogens with zero attached hydrogens (tertiary/aromatic N) is 2. The molecule has 9 heteroatoms. The van der Waals surface area contributed by atoms with Crippen molar-refractivity contribution in [3.05, 3.63) is 41.9 Å². The first kappa shape index (κ1) is 14.8. The van der Waals surface area contributed by atoms with Gasteiger partial charge in [0.05, 0.1) is 5.56 Å². The number of aromatic amines is 1. The fraction of sp³-hybridized carbons (Fsp3) is 0.250. The maximum atomic E-state index is 12.7. The van der Waals surface area contributed by atoms with E-state index in [1.165, 1.54) is 24.5 Å². The molecule has 1 amide bonds. The molecule has 0 spiro atoms. The highest BCUT2D eigenvalue weighted by Gasteiger charge is 2.33. The lowest BCUT2D eigenvalue weighted by Crippen LogP contribution is -2.29. The summed E-state index contributed by atoms with van der Waals surface area (Å²) >= 11 is 0. The Morgan fingerprint density at radius 1 is 1.24 bits per heavy atom. The van der Waals surface area contributed by atoms with Gasteiger partial charge in [-0.1, -0.05) is 0 Å². The fourth-order valence-electron chi connectivity index (χ4n) is 1.61. The van der Waals surface area contributed by atoms with Gasteiger partial charge in [0.15, 0.2) is 0 Å². The van der Waals surface area contributed by atoms with Crippen molar-refractivity contribution in [3.63, 3.8) is 0 Å². The molecular weight excluding hydrogens is 287 g/mol. The highest BCUT2D eigenvalue weighted by molar-refractivity contribution is 5.92. The van der Waals surface area contributed by atoms with Crippen molar-refractivity contribution in [1.82, 2.24) is 20.5 Å². The Labute approximate surface area is 117 Å². The monoisotopic (exact) mass is 299 g/mol. The molecule has 6 nitrogen and oxygen atoms in total. The first-order valence-corrected chi connectivity index (χ1v) is 6.02. The number of amides is 1. The number of anilines is 1. The molecule has 0 aromatic carbocycles. The van der Waals surface area contributed by atoms with Crippen LogP contribution in [0.25, 0.3) is 0 Å². The molecule has 0 aliphatic heterocycles. The van der Waals surface area contributed by atoms with Crippen LogP contribution in [-0.4, -0.2) is 34.2 Å². The number of aromatic nitrogens is 3. The largest absolute Gasteiger partial charge is 0.419 e. The van der Waals surface area contributed by atoms with Crippen LogP contribution in [0.1, 0.15) is 16.1 Å². The number of halogens is 3. The van der Waals surface area contributed by atoms with Crippen molar-refractivity contribution in [1.29, 1.82) is 0 Å². The maximum Gasteiger partial charge on any atom is 0.419 e. The van der Waals surface area contributed by atoms with E-state index in [1.54, 1.807) is 0 Å². The lowest BCUT2D eigenvalue weighted by Gasteiger charge is -2.13. The lowest BCUT2D eigenvalue weighted by atomic mass is 10.2. The number of hydrogen-bond acceptors (Lipinski definition) is 4. The predicted octanol–water partition coefficient (Wildman–Crippen LogP) is 1.67. The van der Waals surface area contributed by atoms with Gasteiger partial charge in [-0.3, -0.25) is 9.89 Å². The number of H-pyrrole nitrogens is 1. The first-order valence-electron chi connectivity index (χ1n) is 6.02. The molecule has 21 heavy (non-hydrogen) atoms. The summed E-state index contributed by atoms with van der Waals surface area (Å²) in [6.07, 6.45) is -1.78. The van der Waals surface area contributed by atoms with Crippen LogP contribution >= 0.6 is 0 Å². The average Bonchev–Trinajstić information content (AvgIpc) is 2.97. The summed E-state index contributed by atoms with van der Waals surface area (Å²) in [5.74, 6) is -0.646. The number of carbonyl (C=O) groups excluding carboxylic acids is 1. The second-order valence-corrected chi connectivity index (χ2v) is 4.05. The van der Waals surface area contributed by atoms with Gasteiger partial charge in [0.25, 0.3) is 5.91 Å². The van der Waals surface area contributed by atoms with Crippen LogP contribution in [0.15, 0.2) is 30.6 Å². The smallest absolute Gasteiger partial charge is 0.368 e. The van der Waals surface area contributed by atoms with Gasteiger partial charge >= 0.3 is 6.18 Å². The molecule has 0 unspecified atom stereocenters. The molecule has 0 radical (unpaired) electrons. The van der Waals surface area contributed by atoms with E-state index in [0.717, 1.165) is 6.07 Å². The molecular formula is C12H12F3N5O. The molecule has 2 rings (SSSR count). The summed E-state index contributed by atoms with van der Waals surface area (Å²) < 4.78 is 38.1. The van der Waals surface area contributed by atoms with Gasteiger partial charge < -0.3 is 10.6 Å². The molecule has 0 saturated heterocycles. The minimum atomic E-state index is -4.48. The third-order valence-corrected chi connectivity index (χ3v) is 2.56. The van der Waals surface area contributed by atoms with Crippen molar-refractivity contribution < 1.29 is 18.0 Å². The van der Waals surface area contributed by atoms with Gasteiger partial charge in [0.1, 0.15) is 11.5 Å². The highest BCUT2D eigenvalue weighted by Crippen LogP contribution is 2.33. The maximum absolute atomic E-state index is 12.7. The molecule has 0 atom stereocenters. The van der Waals surface area contributed by atoms with Gasteiger partial charge in [0.2, 0.25) is 0 Å². The number of rotatable bonds is 5. The SMILES string of the molecule is O=C(NCCNc1ncccc1C(F)(F)F)c1ccn[nH]1. The number of carbonyl (C=O) groups is 1. The van der Waals surface area contributed by atoms with Crippen LogP contribution in [0, 0.1) is 0 Å². The Morgan fingerprint density at radius 3 is 2.71 bits per heavy atom. The summed E-state index contributed by atoms with van der Waals surface area (Å²) in [7, 11) is 0. The van der Waals surface area contributed by atoms with Crippen LogP contribution in [0.2, 0.25) is 0 Å². The standard InChI is InChI=1S/C12H12F3N5O/c13-12(14,15)8-2-1-4-16-10(8)17-6-7-18-11(21)9-3-5-19-20-9/h1-5H,6-7H2,(H,16,17)(H,18,21)(H,19,20). The molecule has 0 saturated carbocycles. The number of nitrogens with one attached hydrogen (secondary N) is 3. The van der Waals surface area contributed by atoms with E-state index in [4.69, 9.17) is 0 Å². The van der Waals surface area contributed by atoms with E-state index >= 15 is 0 Å². The number of alkyl halides is 3. The molecule has 2 heterocycles. The molecule has 112 valence electrons. The van der Waals surface area contributed by atoms with Gasteiger partial charge in [-0.05, 0) is 18.2 Å². The van der Waals surface area contributed by atoms with E-state index < -0.39 is 11.7 Å². The van der Waals surface area contributed by atoms with E-state index in [1.807, 2.05) is 0 Å². The summed E-state index contributed by atoms with van der Waals surface area (Å²) in [5, 5.41) is 11.2. The quantitative estimate of drug-likeness (QED) is 0.733. The molecule has 2 aromatic rings. The first-order chi connectivity index (χ1) is 9.98. The van der Waals surface area contributed by atoms with Crippen LogP contribution in [0.4, 0.5) is 19.0 Å². The zero-order valence-corrected chi connectivity index (χ0v) is 10.7. The van der Waals surface area contributed by atoms with E-state index in [9.17, 15) is 18.0 Å². The van der Waals surface area contributed by atoms with Gasteiger partial charge in [-0.2, -0.15) is 18.3 Å². The van der Waals surface area contributed by atoms with Crippen molar-refractivity contribution in [2.45, 2.75) is 6.18 Å². The Kier molecular flexibility index (Phi) is 4.41. The molecule has 0 fully saturated rings. The summed E-state index contributed by atoms with van der Waals surface area (Å²) in [5.41, 5.74) is -0.561. The van der Waals surface area contributed by atoms with Crippen molar-refractivity contribution in [2.24, 2.45) is 0 Å². The molecule has 3 N–H and O–H groups in total. The zero-order valence-electron chi connectivity index (χ0n) is 10.7. The Bertz CT molecular complexity index is 597. The second-order valence-electron chi connectivity index (χ2n) is 4.05. The third-order valence-electron chi connectivity index (χ3n) is 2.56. The molecule has 0 aliphatic rings. The second kappa shape index (κ2) is 6.25. The van der Waals surface area contributed by atoms with Crippen LogP contribution in [0.5, 0.6) is 0 Å². The zero-order chi connectivity index (χ0) is 15.3. The summed E-state index contributed by atoms with van der Waals surface area (Å²) in [6.45, 7) is 0.256. The Morgan fingerprint density at radius 2 is 2.05 bits per heavy atom. The van der Waals surface area contributed by atoms with Crippen LogP contribution in [-0.2, 0) is 6.18 Å². The topological polar surface area (TPSA) is 82.7 Å². The van der Waals surface area contributed by atoms with Gasteiger partial charge in [-0.25, -0.2) is 4.98 Å². The van der Waals surface area contributed by atoms with Crippen LogP contribution < -0.4 is 10.6 Å². The predicted molar refractivity (Wildman–Crippen MR) is 68.6 cm³/mol. The highest BCUT2D eigenvalue weighted by atomic mass is 19.4. The minimum absolute atomic E-state index is 0.111. The van der Waals surface area contributed by atoms with Crippen molar-refractivity contribution in [2.75, 3.05) is 18.4 Å². The summed E-state index contributed by atoms with van der Waals surface area (Å²) in [4.78, 5) is 15.2. The van der Waals surface area contributed by atoms with Gasteiger partial charge in [0, 0.05) is 25.5 Å². The van der Waals surface area contributed by atoms with Crippen LogP contribution in [0.3, 0.4) is 0 Å². The normalized spacial score (nSPS) is 11.2. The van der Waals surface area contributed by atoms with E-state index in [2.05, 4.69) is 25.8 Å². The molecule has 0 bridgehead atoms. The van der Waals surface area contributed by atoms with Gasteiger partial charge in [-0.15, -0.1) is 0 Å². The van der Waals surface area contributed by atoms with Crippen molar-refractivity contribution in [3.8, 4) is 0 Å².